The number of halogens is 1. The minimum absolute atomic E-state index is 0. The van der Waals surface area contributed by atoms with Gasteiger partial charge in [-0.05, 0) is 19.8 Å². The summed E-state index contributed by atoms with van der Waals surface area (Å²) in [5.74, 6) is -1.31. The fraction of sp³-hybridized carbons (Fsp3) is 0.500. The van der Waals surface area contributed by atoms with Crippen LogP contribution in [-0.2, 0) is 14.4 Å². The van der Waals surface area contributed by atoms with Crippen molar-refractivity contribution in [1.82, 2.24) is 5.48 Å². The Hall–Kier alpha value is -1.80. The quantitative estimate of drug-likeness (QED) is 0.161. The van der Waals surface area contributed by atoms with Crippen molar-refractivity contribution in [3.63, 3.8) is 0 Å². The zero-order valence-electron chi connectivity index (χ0n) is 10.7. The molecule has 0 heterocycles. The molecule has 0 saturated heterocycles. The van der Waals surface area contributed by atoms with E-state index in [0.717, 1.165) is 0 Å². The third-order valence-corrected chi connectivity index (χ3v) is 1.90. The van der Waals surface area contributed by atoms with Crippen LogP contribution in [0.25, 0.3) is 0 Å². The van der Waals surface area contributed by atoms with E-state index in [1.165, 1.54) is 6.92 Å². The molecule has 0 rings (SSSR count). The molecule has 1 atom stereocenters. The number of nitrogens with zero attached hydrogens (tertiary/aromatic N) is 1. The first-order chi connectivity index (χ1) is 8.34. The van der Waals surface area contributed by atoms with Crippen molar-refractivity contribution < 1.29 is 14.4 Å². The first-order valence-electron chi connectivity index (χ1n) is 5.32. The molecule has 0 aliphatic rings. The standard InChI is InChI=1S/C10H19N5O3.ClH/c1-6(2)8(16)15-18-9(17)7(11)4-3-5-14-10(12)13;/h7H,1,3-5,11H2,2H3,(H,15,16)(H4,12,13,14);1H/t7-;/m0./s1. The Morgan fingerprint density at radius 1 is 1.42 bits per heavy atom. The summed E-state index contributed by atoms with van der Waals surface area (Å²) >= 11 is 0. The zero-order valence-corrected chi connectivity index (χ0v) is 11.5. The number of hydrogen-bond acceptors (Lipinski definition) is 5. The van der Waals surface area contributed by atoms with Gasteiger partial charge in [0.15, 0.2) is 5.96 Å². The molecule has 7 N–H and O–H groups in total. The number of hydroxylamine groups is 1. The highest BCUT2D eigenvalue weighted by molar-refractivity contribution is 5.92. The Morgan fingerprint density at radius 3 is 2.47 bits per heavy atom. The molecule has 0 unspecified atom stereocenters. The molecule has 0 aromatic heterocycles. The maximum atomic E-state index is 11.3. The molecule has 0 saturated carbocycles. The molecular formula is C10H20ClN5O3. The number of hydrogen-bond donors (Lipinski definition) is 4. The molecule has 0 aliphatic carbocycles. The van der Waals surface area contributed by atoms with Gasteiger partial charge in [0.05, 0.1) is 0 Å². The summed E-state index contributed by atoms with van der Waals surface area (Å²) < 4.78 is 0. The number of carbonyl (C=O) groups excluding carboxylic acids is 2. The molecule has 0 aromatic rings. The highest BCUT2D eigenvalue weighted by Gasteiger charge is 2.16. The highest BCUT2D eigenvalue weighted by atomic mass is 35.5. The van der Waals surface area contributed by atoms with Crippen LogP contribution in [0.4, 0.5) is 0 Å². The molecule has 0 fully saturated rings. The Balaban J connectivity index is 0. The largest absolute Gasteiger partial charge is 0.370 e. The first-order valence-corrected chi connectivity index (χ1v) is 5.32. The normalized spacial score (nSPS) is 10.6. The summed E-state index contributed by atoms with van der Waals surface area (Å²) in [6, 6.07) is -0.843. The van der Waals surface area contributed by atoms with Crippen molar-refractivity contribution in [2.45, 2.75) is 25.8 Å². The third kappa shape index (κ3) is 9.86. The summed E-state index contributed by atoms with van der Waals surface area (Å²) in [7, 11) is 0. The molecule has 0 radical (unpaired) electrons. The van der Waals surface area contributed by atoms with Crippen LogP contribution in [0.1, 0.15) is 19.8 Å². The number of nitrogens with two attached hydrogens (primary N) is 3. The molecule has 0 aliphatic heterocycles. The second-order valence-corrected chi connectivity index (χ2v) is 3.69. The molecule has 110 valence electrons. The lowest BCUT2D eigenvalue weighted by atomic mass is 10.2. The number of aliphatic imine (C=N–C) groups is 1. The molecule has 9 heteroatoms. The minimum Gasteiger partial charge on any atom is -0.370 e. The van der Waals surface area contributed by atoms with Crippen LogP contribution in [0.2, 0.25) is 0 Å². The van der Waals surface area contributed by atoms with Crippen LogP contribution in [0.15, 0.2) is 17.1 Å². The van der Waals surface area contributed by atoms with Gasteiger partial charge >= 0.3 is 5.97 Å². The van der Waals surface area contributed by atoms with Gasteiger partial charge in [-0.15, -0.1) is 12.4 Å². The Morgan fingerprint density at radius 2 is 2.00 bits per heavy atom. The zero-order chi connectivity index (χ0) is 14.1. The summed E-state index contributed by atoms with van der Waals surface area (Å²) in [6.07, 6.45) is 0.876. The maximum Gasteiger partial charge on any atom is 0.348 e. The van der Waals surface area contributed by atoms with Gasteiger partial charge in [0.1, 0.15) is 6.04 Å². The van der Waals surface area contributed by atoms with Gasteiger partial charge in [-0.1, -0.05) is 6.58 Å². The van der Waals surface area contributed by atoms with Gasteiger partial charge in [0, 0.05) is 12.1 Å². The SMILES string of the molecule is C=C(C)C(=O)NOC(=O)[C@@H](N)CCCN=C(N)N.Cl. The van der Waals surface area contributed by atoms with Crippen molar-refractivity contribution in [3.05, 3.63) is 12.2 Å². The van der Waals surface area contributed by atoms with E-state index in [2.05, 4.69) is 16.4 Å². The molecule has 0 aromatic carbocycles. The second kappa shape index (κ2) is 10.2. The van der Waals surface area contributed by atoms with Gasteiger partial charge in [-0.25, -0.2) is 4.79 Å². The minimum atomic E-state index is -0.843. The van der Waals surface area contributed by atoms with Crippen LogP contribution in [-0.4, -0.2) is 30.4 Å². The first kappa shape index (κ1) is 19.5. The fourth-order valence-electron chi connectivity index (χ4n) is 0.897. The average Bonchev–Trinajstić information content (AvgIpc) is 2.30. The average molecular weight is 294 g/mol. The van der Waals surface area contributed by atoms with Crippen LogP contribution < -0.4 is 22.7 Å². The van der Waals surface area contributed by atoms with E-state index in [1.807, 2.05) is 5.48 Å². The van der Waals surface area contributed by atoms with Crippen molar-refractivity contribution in [3.8, 4) is 0 Å². The lowest BCUT2D eigenvalue weighted by molar-refractivity contribution is -0.158. The molecule has 0 spiro atoms. The number of nitrogens with one attached hydrogen (secondary N) is 1. The Labute approximate surface area is 117 Å². The van der Waals surface area contributed by atoms with Crippen molar-refractivity contribution in [2.24, 2.45) is 22.2 Å². The molecular weight excluding hydrogens is 274 g/mol. The number of amides is 1. The molecule has 1 amide bonds. The number of rotatable bonds is 6. The molecule has 19 heavy (non-hydrogen) atoms. The Kier molecular flexibility index (Phi) is 10.4. The fourth-order valence-corrected chi connectivity index (χ4v) is 0.897. The number of guanidine groups is 1. The third-order valence-electron chi connectivity index (χ3n) is 1.90. The van der Waals surface area contributed by atoms with E-state index in [0.29, 0.717) is 19.4 Å². The van der Waals surface area contributed by atoms with Crippen molar-refractivity contribution in [1.29, 1.82) is 0 Å². The lowest BCUT2D eigenvalue weighted by Gasteiger charge is -2.10. The van der Waals surface area contributed by atoms with E-state index in [-0.39, 0.29) is 23.9 Å². The summed E-state index contributed by atoms with van der Waals surface area (Å²) in [5.41, 5.74) is 18.0. The maximum absolute atomic E-state index is 11.3. The van der Waals surface area contributed by atoms with Crippen LogP contribution in [0.5, 0.6) is 0 Å². The van der Waals surface area contributed by atoms with Crippen LogP contribution in [0.3, 0.4) is 0 Å². The predicted octanol–water partition coefficient (Wildman–Crippen LogP) is -1.06. The summed E-state index contributed by atoms with van der Waals surface area (Å²) in [6.45, 7) is 5.24. The van der Waals surface area contributed by atoms with Gasteiger partial charge < -0.3 is 22.0 Å². The van der Waals surface area contributed by atoms with Gasteiger partial charge in [-0.2, -0.15) is 5.48 Å². The topological polar surface area (TPSA) is 146 Å². The Bertz CT molecular complexity index is 355. The van der Waals surface area contributed by atoms with Gasteiger partial charge in [0.2, 0.25) is 0 Å². The predicted molar refractivity (Wildman–Crippen MR) is 74.2 cm³/mol. The van der Waals surface area contributed by atoms with Gasteiger partial charge in [-0.3, -0.25) is 9.79 Å². The molecule has 0 bridgehead atoms. The van der Waals surface area contributed by atoms with Crippen molar-refractivity contribution in [2.75, 3.05) is 6.54 Å². The van der Waals surface area contributed by atoms with Crippen LogP contribution in [0, 0.1) is 0 Å². The smallest absolute Gasteiger partial charge is 0.348 e. The van der Waals surface area contributed by atoms with E-state index in [1.54, 1.807) is 0 Å². The van der Waals surface area contributed by atoms with Gasteiger partial charge in [0.25, 0.3) is 5.91 Å². The lowest BCUT2D eigenvalue weighted by Crippen LogP contribution is -2.38. The van der Waals surface area contributed by atoms with Crippen LogP contribution >= 0.6 is 12.4 Å². The van der Waals surface area contributed by atoms with E-state index in [9.17, 15) is 9.59 Å². The van der Waals surface area contributed by atoms with E-state index >= 15 is 0 Å². The summed E-state index contributed by atoms with van der Waals surface area (Å²) in [5, 5.41) is 0. The summed E-state index contributed by atoms with van der Waals surface area (Å²) in [4.78, 5) is 30.6. The number of carbonyl (C=O) groups is 2. The molecule has 8 nitrogen and oxygen atoms in total. The monoisotopic (exact) mass is 293 g/mol. The van der Waals surface area contributed by atoms with E-state index in [4.69, 9.17) is 17.2 Å². The van der Waals surface area contributed by atoms with Crippen molar-refractivity contribution >= 4 is 30.2 Å². The highest BCUT2D eigenvalue weighted by Crippen LogP contribution is 1.97. The second-order valence-electron chi connectivity index (χ2n) is 3.69. The van der Waals surface area contributed by atoms with E-state index < -0.39 is 17.9 Å².